The maximum absolute atomic E-state index is 12.1. The first-order valence-electron chi connectivity index (χ1n) is 8.37. The Hall–Kier alpha value is -2.75. The number of nitrogens with one attached hydrogen (secondary N) is 2. The Balaban J connectivity index is 1.51. The van der Waals surface area contributed by atoms with Crippen LogP contribution in [0.3, 0.4) is 0 Å². The lowest BCUT2D eigenvalue weighted by molar-refractivity contribution is -0.678. The largest absolute Gasteiger partial charge is 0.358 e. The quantitative estimate of drug-likeness (QED) is 0.290. The monoisotopic (exact) mass is 451 g/mol. The van der Waals surface area contributed by atoms with Gasteiger partial charge >= 0.3 is 5.16 Å². The minimum Gasteiger partial charge on any atom is -0.325 e. The highest BCUT2D eigenvalue weighted by atomic mass is 35.5. The van der Waals surface area contributed by atoms with Gasteiger partial charge in [0.25, 0.3) is 5.91 Å². The molecule has 0 aliphatic rings. The van der Waals surface area contributed by atoms with E-state index in [2.05, 4.69) is 15.7 Å². The molecule has 3 rings (SSSR count). The number of carbonyl (C=O) groups is 2. The molecule has 150 valence electrons. The number of nitrogen functional groups attached to an aromatic ring is 1. The number of carbonyl (C=O) groups excluding carboxylic acids is 2. The lowest BCUT2D eigenvalue weighted by Crippen LogP contribution is -2.45. The number of hydrogen-bond acceptors (Lipinski definition) is 5. The number of amides is 2. The number of nitrogens with two attached hydrogens (primary N) is 1. The Kier molecular flexibility index (Phi) is 6.97. The summed E-state index contributed by atoms with van der Waals surface area (Å²) in [5.41, 5.74) is 1.27. The van der Waals surface area contributed by atoms with Gasteiger partial charge in [0, 0.05) is 21.4 Å². The van der Waals surface area contributed by atoms with Crippen LogP contribution in [0.15, 0.2) is 60.0 Å². The van der Waals surface area contributed by atoms with E-state index < -0.39 is 0 Å². The second-order valence-electron chi connectivity index (χ2n) is 5.90. The minimum absolute atomic E-state index is 0.0304. The Labute approximate surface area is 181 Å². The molecule has 2 aromatic carbocycles. The van der Waals surface area contributed by atoms with E-state index in [1.54, 1.807) is 48.5 Å². The zero-order chi connectivity index (χ0) is 20.8. The zero-order valence-corrected chi connectivity index (χ0v) is 17.3. The summed E-state index contributed by atoms with van der Waals surface area (Å²) < 4.78 is 2.65. The summed E-state index contributed by atoms with van der Waals surface area (Å²) in [4.78, 5) is 24.2. The van der Waals surface area contributed by atoms with Crippen LogP contribution in [-0.2, 0) is 16.1 Å². The van der Waals surface area contributed by atoms with Gasteiger partial charge in [0.05, 0.1) is 10.9 Å². The molecule has 0 radical (unpaired) electrons. The molecule has 2 amide bonds. The van der Waals surface area contributed by atoms with Crippen LogP contribution in [0, 0.1) is 0 Å². The zero-order valence-electron chi connectivity index (χ0n) is 15.0. The third-order valence-corrected chi connectivity index (χ3v) is 5.05. The molecule has 11 heteroatoms. The van der Waals surface area contributed by atoms with Gasteiger partial charge < -0.3 is 10.6 Å². The van der Waals surface area contributed by atoms with Gasteiger partial charge in [-0.25, -0.2) is 0 Å². The van der Waals surface area contributed by atoms with Crippen molar-refractivity contribution in [2.75, 3.05) is 22.2 Å². The summed E-state index contributed by atoms with van der Waals surface area (Å²) in [5.74, 6) is 5.48. The molecule has 8 nitrogen and oxygen atoms in total. The van der Waals surface area contributed by atoms with Crippen molar-refractivity contribution in [1.29, 1.82) is 0 Å². The van der Waals surface area contributed by atoms with Gasteiger partial charge in [-0.1, -0.05) is 23.2 Å². The molecule has 0 unspecified atom stereocenters. The van der Waals surface area contributed by atoms with Gasteiger partial charge in [0.1, 0.15) is 0 Å². The fraction of sp³-hybridized carbons (Fsp3) is 0.111. The topological polar surface area (TPSA) is 106 Å². The van der Waals surface area contributed by atoms with E-state index in [1.807, 2.05) is 0 Å². The molecule has 1 aromatic heterocycles. The lowest BCUT2D eigenvalue weighted by Gasteiger charge is -2.03. The molecule has 1 heterocycles. The Bertz CT molecular complexity index is 1010. The van der Waals surface area contributed by atoms with Crippen LogP contribution in [0.5, 0.6) is 0 Å². The van der Waals surface area contributed by atoms with Crippen molar-refractivity contribution in [2.45, 2.75) is 11.7 Å². The van der Waals surface area contributed by atoms with Crippen LogP contribution in [0.4, 0.5) is 11.4 Å². The predicted octanol–water partition coefficient (Wildman–Crippen LogP) is 2.56. The number of thioether (sulfide) groups is 1. The van der Waals surface area contributed by atoms with E-state index >= 15 is 0 Å². The maximum Gasteiger partial charge on any atom is 0.358 e. The summed E-state index contributed by atoms with van der Waals surface area (Å²) in [5, 5.41) is 11.3. The number of aromatic nitrogens is 3. The van der Waals surface area contributed by atoms with Crippen LogP contribution >= 0.6 is 35.0 Å². The second-order valence-corrected chi connectivity index (χ2v) is 7.72. The third kappa shape index (κ3) is 6.38. The highest BCUT2D eigenvalue weighted by Gasteiger charge is 2.19. The van der Waals surface area contributed by atoms with Gasteiger partial charge in [0.2, 0.25) is 12.2 Å². The van der Waals surface area contributed by atoms with Crippen molar-refractivity contribution >= 4 is 58.2 Å². The first-order chi connectivity index (χ1) is 13.9. The first kappa shape index (κ1) is 21.0. The molecule has 3 aromatic rings. The van der Waals surface area contributed by atoms with Crippen molar-refractivity contribution in [1.82, 2.24) is 9.78 Å². The highest BCUT2D eigenvalue weighted by molar-refractivity contribution is 7.99. The van der Waals surface area contributed by atoms with Gasteiger partial charge in [-0.15, -0.1) is 9.36 Å². The Morgan fingerprint density at radius 2 is 1.48 bits per heavy atom. The third-order valence-electron chi connectivity index (χ3n) is 3.59. The molecule has 0 saturated heterocycles. The number of benzene rings is 2. The summed E-state index contributed by atoms with van der Waals surface area (Å²) in [6.07, 6.45) is 1.47. The lowest BCUT2D eigenvalue weighted by atomic mass is 10.3. The van der Waals surface area contributed by atoms with E-state index in [1.165, 1.54) is 15.7 Å². The van der Waals surface area contributed by atoms with Crippen LogP contribution in [0.1, 0.15) is 0 Å². The molecular weight excluding hydrogens is 435 g/mol. The van der Waals surface area contributed by atoms with Crippen molar-refractivity contribution in [3.63, 3.8) is 0 Å². The summed E-state index contributed by atoms with van der Waals surface area (Å²) in [6, 6.07) is 13.6. The predicted molar refractivity (Wildman–Crippen MR) is 113 cm³/mol. The van der Waals surface area contributed by atoms with Crippen molar-refractivity contribution < 1.29 is 14.3 Å². The van der Waals surface area contributed by atoms with E-state index in [-0.39, 0.29) is 24.1 Å². The van der Waals surface area contributed by atoms with Crippen LogP contribution in [0.25, 0.3) is 0 Å². The molecule has 0 saturated carbocycles. The number of nitrogens with zero attached hydrogens (tertiary/aromatic N) is 3. The smallest absolute Gasteiger partial charge is 0.325 e. The molecule has 0 fully saturated rings. The van der Waals surface area contributed by atoms with Gasteiger partial charge in [0.15, 0.2) is 6.54 Å². The first-order valence-corrected chi connectivity index (χ1v) is 10.1. The molecule has 0 aliphatic heterocycles. The van der Waals surface area contributed by atoms with E-state index in [4.69, 9.17) is 29.0 Å². The minimum atomic E-state index is -0.271. The maximum atomic E-state index is 12.1. The van der Waals surface area contributed by atoms with Crippen LogP contribution < -0.4 is 21.2 Å². The van der Waals surface area contributed by atoms with Crippen molar-refractivity contribution in [3.05, 3.63) is 64.9 Å². The Morgan fingerprint density at radius 3 is 2.03 bits per heavy atom. The van der Waals surface area contributed by atoms with Gasteiger partial charge in [-0.05, 0) is 60.3 Å². The standard InChI is InChI=1S/C18H16Cl2N6O2S/c19-12-1-5-14(6-2-12)22-16(27)9-25-11-26(21)18(24-25)29-10-17(28)23-15-7-3-13(20)4-8-15/h1-8,11H,9-10,21H2,(H-,22,23,27,28)/p+1. The number of anilines is 2. The molecule has 29 heavy (non-hydrogen) atoms. The molecule has 0 bridgehead atoms. The Morgan fingerprint density at radius 1 is 0.966 bits per heavy atom. The number of rotatable bonds is 7. The van der Waals surface area contributed by atoms with Gasteiger partial charge in [-0.3, -0.25) is 15.4 Å². The van der Waals surface area contributed by atoms with E-state index in [0.717, 1.165) is 11.8 Å². The molecular formula is C18H17Cl2N6O2S+. The average molecular weight is 452 g/mol. The second kappa shape index (κ2) is 9.64. The van der Waals surface area contributed by atoms with Crippen LogP contribution in [0.2, 0.25) is 10.0 Å². The SMILES string of the molecule is N[n+]1cn(CC(=O)Nc2ccc(Cl)cc2)nc1SCC(=O)Nc1ccc(Cl)cc1. The molecule has 4 N–H and O–H groups in total. The number of hydrogen-bond donors (Lipinski definition) is 3. The van der Waals surface area contributed by atoms with Crippen LogP contribution in [-0.4, -0.2) is 27.3 Å². The van der Waals surface area contributed by atoms with E-state index in [9.17, 15) is 9.59 Å². The van der Waals surface area contributed by atoms with E-state index in [0.29, 0.717) is 26.6 Å². The van der Waals surface area contributed by atoms with Crippen molar-refractivity contribution in [3.8, 4) is 0 Å². The fourth-order valence-corrected chi connectivity index (χ4v) is 3.24. The average Bonchev–Trinajstić information content (AvgIpc) is 3.03. The number of halogens is 2. The van der Waals surface area contributed by atoms with Crippen molar-refractivity contribution in [2.24, 2.45) is 0 Å². The summed E-state index contributed by atoms with van der Waals surface area (Å²) >= 11 is 12.8. The summed E-state index contributed by atoms with van der Waals surface area (Å²) in [6.45, 7) is -0.0304. The normalized spacial score (nSPS) is 10.6. The highest BCUT2D eigenvalue weighted by Crippen LogP contribution is 2.16. The molecule has 0 aliphatic carbocycles. The molecule has 0 atom stereocenters. The molecule has 0 spiro atoms. The summed E-state index contributed by atoms with van der Waals surface area (Å²) in [7, 11) is 0. The fourth-order valence-electron chi connectivity index (χ4n) is 2.30. The van der Waals surface area contributed by atoms with Gasteiger partial charge in [-0.2, -0.15) is 0 Å².